The van der Waals surface area contributed by atoms with Crippen LogP contribution in [0, 0.1) is 5.92 Å². The summed E-state index contributed by atoms with van der Waals surface area (Å²) in [5.74, 6) is 1.86. The average molecular weight is 275 g/mol. The van der Waals surface area contributed by atoms with Crippen LogP contribution in [0.3, 0.4) is 0 Å². The number of hydrogen-bond donors (Lipinski definition) is 1. The Labute approximate surface area is 123 Å². The van der Waals surface area contributed by atoms with Gasteiger partial charge in [0.2, 0.25) is 0 Å². The Kier molecular flexibility index (Phi) is 6.38. The lowest BCUT2D eigenvalue weighted by molar-refractivity contribution is 0.261. The van der Waals surface area contributed by atoms with Gasteiger partial charge in [0.25, 0.3) is 0 Å². The largest absolute Gasteiger partial charge is 0.494 e. The van der Waals surface area contributed by atoms with Crippen molar-refractivity contribution in [3.8, 4) is 5.75 Å². The molecule has 0 saturated heterocycles. The fourth-order valence-corrected chi connectivity index (χ4v) is 3.34. The second-order valence-corrected chi connectivity index (χ2v) is 5.87. The van der Waals surface area contributed by atoms with Crippen molar-refractivity contribution in [3.63, 3.8) is 0 Å². The number of rotatable bonds is 7. The summed E-state index contributed by atoms with van der Waals surface area (Å²) in [5, 5.41) is 3.77. The van der Waals surface area contributed by atoms with Crippen LogP contribution >= 0.6 is 0 Å². The maximum absolute atomic E-state index is 5.57. The summed E-state index contributed by atoms with van der Waals surface area (Å²) in [5.41, 5.74) is 1.32. The molecule has 112 valence electrons. The standard InChI is InChI=1S/C18H29NO/c1-3-18(16-10-6-5-7-11-16)19-14-15-9-8-12-17(13-15)20-4-2/h8-9,12-13,16,18-19H,3-7,10-11,14H2,1-2H3. The third kappa shape index (κ3) is 4.52. The second kappa shape index (κ2) is 8.31. The molecular formula is C18H29NO. The Morgan fingerprint density at radius 3 is 2.70 bits per heavy atom. The molecule has 0 spiro atoms. The second-order valence-electron chi connectivity index (χ2n) is 5.87. The lowest BCUT2D eigenvalue weighted by atomic mass is 9.83. The minimum atomic E-state index is 0.672. The van der Waals surface area contributed by atoms with Crippen molar-refractivity contribution in [1.29, 1.82) is 0 Å². The molecule has 1 aromatic carbocycles. The number of hydrogen-bond acceptors (Lipinski definition) is 2. The highest BCUT2D eigenvalue weighted by molar-refractivity contribution is 5.28. The van der Waals surface area contributed by atoms with Gasteiger partial charge in [-0.25, -0.2) is 0 Å². The number of benzene rings is 1. The third-order valence-corrected chi connectivity index (χ3v) is 4.44. The highest BCUT2D eigenvalue weighted by atomic mass is 16.5. The minimum absolute atomic E-state index is 0.672. The van der Waals surface area contributed by atoms with E-state index < -0.39 is 0 Å². The van der Waals surface area contributed by atoms with Crippen LogP contribution in [-0.2, 0) is 6.54 Å². The summed E-state index contributed by atoms with van der Waals surface area (Å²) < 4.78 is 5.57. The summed E-state index contributed by atoms with van der Waals surface area (Å²) in [6.07, 6.45) is 8.32. The quantitative estimate of drug-likeness (QED) is 0.789. The molecule has 20 heavy (non-hydrogen) atoms. The molecule has 1 aliphatic rings. The van der Waals surface area contributed by atoms with Crippen LogP contribution in [0.1, 0.15) is 57.9 Å². The summed E-state index contributed by atoms with van der Waals surface area (Å²) >= 11 is 0. The molecule has 0 aromatic heterocycles. The van der Waals surface area contributed by atoms with Gasteiger partial charge in [0.05, 0.1) is 6.61 Å². The van der Waals surface area contributed by atoms with E-state index in [4.69, 9.17) is 4.74 Å². The first kappa shape index (κ1) is 15.4. The zero-order valence-corrected chi connectivity index (χ0v) is 13.0. The van der Waals surface area contributed by atoms with Crippen LogP contribution in [0.15, 0.2) is 24.3 Å². The first-order valence-corrected chi connectivity index (χ1v) is 8.28. The van der Waals surface area contributed by atoms with Crippen LogP contribution in [0.4, 0.5) is 0 Å². The van der Waals surface area contributed by atoms with E-state index in [9.17, 15) is 0 Å². The maximum atomic E-state index is 5.57. The smallest absolute Gasteiger partial charge is 0.119 e. The highest BCUT2D eigenvalue weighted by Gasteiger charge is 2.21. The molecule has 0 radical (unpaired) electrons. The molecule has 2 rings (SSSR count). The predicted octanol–water partition coefficient (Wildman–Crippen LogP) is 4.53. The van der Waals surface area contributed by atoms with E-state index in [0.29, 0.717) is 6.04 Å². The molecule has 1 aromatic rings. The Balaban J connectivity index is 1.87. The molecule has 0 aliphatic heterocycles. The molecule has 1 saturated carbocycles. The summed E-state index contributed by atoms with van der Waals surface area (Å²) in [6, 6.07) is 9.13. The normalized spacial score (nSPS) is 17.9. The first-order valence-electron chi connectivity index (χ1n) is 8.28. The monoisotopic (exact) mass is 275 g/mol. The van der Waals surface area contributed by atoms with E-state index in [0.717, 1.165) is 24.8 Å². The SMILES string of the molecule is CCOc1cccc(CNC(CC)C2CCCCC2)c1. The summed E-state index contributed by atoms with van der Waals surface area (Å²) in [6.45, 7) is 6.02. The molecule has 1 fully saturated rings. The van der Waals surface area contributed by atoms with Crippen LogP contribution in [0.25, 0.3) is 0 Å². The first-order chi connectivity index (χ1) is 9.83. The van der Waals surface area contributed by atoms with Crippen molar-refractivity contribution < 1.29 is 4.74 Å². The van der Waals surface area contributed by atoms with Gasteiger partial charge in [0, 0.05) is 12.6 Å². The summed E-state index contributed by atoms with van der Waals surface area (Å²) in [4.78, 5) is 0. The molecule has 0 bridgehead atoms. The topological polar surface area (TPSA) is 21.3 Å². The van der Waals surface area contributed by atoms with Crippen LogP contribution < -0.4 is 10.1 Å². The van der Waals surface area contributed by atoms with Gasteiger partial charge in [-0.2, -0.15) is 0 Å². The van der Waals surface area contributed by atoms with Gasteiger partial charge in [-0.05, 0) is 49.8 Å². The minimum Gasteiger partial charge on any atom is -0.494 e. The Morgan fingerprint density at radius 2 is 2.00 bits per heavy atom. The molecule has 1 unspecified atom stereocenters. The number of nitrogens with one attached hydrogen (secondary N) is 1. The molecule has 2 heteroatoms. The zero-order valence-electron chi connectivity index (χ0n) is 13.0. The van der Waals surface area contributed by atoms with Gasteiger partial charge >= 0.3 is 0 Å². The van der Waals surface area contributed by atoms with Gasteiger partial charge in [-0.3, -0.25) is 0 Å². The van der Waals surface area contributed by atoms with E-state index in [1.54, 1.807) is 0 Å². The van der Waals surface area contributed by atoms with Crippen LogP contribution in [-0.4, -0.2) is 12.6 Å². The van der Waals surface area contributed by atoms with Crippen molar-refractivity contribution in [2.45, 2.75) is 65.0 Å². The molecule has 1 atom stereocenters. The highest BCUT2D eigenvalue weighted by Crippen LogP contribution is 2.28. The van der Waals surface area contributed by atoms with E-state index in [1.165, 1.54) is 44.1 Å². The Bertz CT molecular complexity index is 385. The van der Waals surface area contributed by atoms with Crippen molar-refractivity contribution in [1.82, 2.24) is 5.32 Å². The van der Waals surface area contributed by atoms with Gasteiger partial charge in [-0.1, -0.05) is 38.3 Å². The van der Waals surface area contributed by atoms with E-state index >= 15 is 0 Å². The van der Waals surface area contributed by atoms with Crippen molar-refractivity contribution in [2.75, 3.05) is 6.61 Å². The van der Waals surface area contributed by atoms with E-state index in [-0.39, 0.29) is 0 Å². The Morgan fingerprint density at radius 1 is 1.20 bits per heavy atom. The van der Waals surface area contributed by atoms with Gasteiger partial charge in [0.1, 0.15) is 5.75 Å². The molecule has 0 amide bonds. The van der Waals surface area contributed by atoms with E-state index in [2.05, 4.69) is 30.4 Å². The average Bonchev–Trinajstić information content (AvgIpc) is 2.50. The van der Waals surface area contributed by atoms with Crippen molar-refractivity contribution >= 4 is 0 Å². The van der Waals surface area contributed by atoms with Gasteiger partial charge < -0.3 is 10.1 Å². The maximum Gasteiger partial charge on any atom is 0.119 e. The van der Waals surface area contributed by atoms with Crippen LogP contribution in [0.2, 0.25) is 0 Å². The fourth-order valence-electron chi connectivity index (χ4n) is 3.34. The molecule has 1 N–H and O–H groups in total. The predicted molar refractivity (Wildman–Crippen MR) is 85.1 cm³/mol. The van der Waals surface area contributed by atoms with Crippen molar-refractivity contribution in [3.05, 3.63) is 29.8 Å². The third-order valence-electron chi connectivity index (χ3n) is 4.44. The van der Waals surface area contributed by atoms with Crippen molar-refractivity contribution in [2.24, 2.45) is 5.92 Å². The van der Waals surface area contributed by atoms with Crippen LogP contribution in [0.5, 0.6) is 5.75 Å². The molecule has 0 heterocycles. The lowest BCUT2D eigenvalue weighted by Gasteiger charge is -2.30. The molecule has 1 aliphatic carbocycles. The molecule has 2 nitrogen and oxygen atoms in total. The van der Waals surface area contributed by atoms with Gasteiger partial charge in [0.15, 0.2) is 0 Å². The Hall–Kier alpha value is -1.02. The molecular weight excluding hydrogens is 246 g/mol. The number of ether oxygens (including phenoxy) is 1. The fraction of sp³-hybridized carbons (Fsp3) is 0.667. The zero-order chi connectivity index (χ0) is 14.2. The summed E-state index contributed by atoms with van der Waals surface area (Å²) in [7, 11) is 0. The lowest BCUT2D eigenvalue weighted by Crippen LogP contribution is -2.36. The van der Waals surface area contributed by atoms with E-state index in [1.807, 2.05) is 13.0 Å². The van der Waals surface area contributed by atoms with Gasteiger partial charge in [-0.15, -0.1) is 0 Å².